The summed E-state index contributed by atoms with van der Waals surface area (Å²) >= 11 is 0. The number of ether oxygens (including phenoxy) is 2. The van der Waals surface area contributed by atoms with Crippen LogP contribution in [0.2, 0.25) is 0 Å². The Hall–Kier alpha value is -3.72. The van der Waals surface area contributed by atoms with E-state index in [1.54, 1.807) is 0 Å². The van der Waals surface area contributed by atoms with Gasteiger partial charge in [0.05, 0.1) is 19.6 Å². The Morgan fingerprint density at radius 1 is 1.06 bits per heavy atom. The molecule has 0 unspecified atom stereocenters. The van der Waals surface area contributed by atoms with E-state index in [4.69, 9.17) is 13.9 Å². The van der Waals surface area contributed by atoms with Gasteiger partial charge in [0.2, 0.25) is 17.0 Å². The number of halogens is 1. The lowest BCUT2D eigenvalue weighted by atomic mass is 9.99. The Labute approximate surface area is 189 Å². The van der Waals surface area contributed by atoms with Crippen molar-refractivity contribution in [3.8, 4) is 11.5 Å². The second-order valence-electron chi connectivity index (χ2n) is 7.59. The number of ketones is 1. The van der Waals surface area contributed by atoms with Crippen LogP contribution in [-0.4, -0.2) is 58.0 Å². The molecule has 0 saturated heterocycles. The number of hydrogen-bond donors (Lipinski definition) is 1. The smallest absolute Gasteiger partial charge is 0.287 e. The van der Waals surface area contributed by atoms with Crippen molar-refractivity contribution in [2.45, 2.75) is 6.42 Å². The highest BCUT2D eigenvalue weighted by Crippen LogP contribution is 2.29. The average molecular weight is 456 g/mol. The number of carbonyl (C=O) groups excluding carboxylic acids is 2. The fourth-order valence-corrected chi connectivity index (χ4v) is 3.33. The van der Waals surface area contributed by atoms with E-state index in [1.807, 2.05) is 19.0 Å². The number of nitrogens with zero attached hydrogens (tertiary/aromatic N) is 1. The molecule has 0 aliphatic rings. The first kappa shape index (κ1) is 23.9. The second-order valence-corrected chi connectivity index (χ2v) is 7.59. The molecule has 0 bridgehead atoms. The van der Waals surface area contributed by atoms with Gasteiger partial charge >= 0.3 is 0 Å². The van der Waals surface area contributed by atoms with Gasteiger partial charge in [-0.2, -0.15) is 0 Å². The first-order valence-electron chi connectivity index (χ1n) is 10.2. The summed E-state index contributed by atoms with van der Waals surface area (Å²) in [6.07, 6.45) is 0.653. The summed E-state index contributed by atoms with van der Waals surface area (Å²) < 4.78 is 29.9. The van der Waals surface area contributed by atoms with Crippen LogP contribution >= 0.6 is 0 Å². The van der Waals surface area contributed by atoms with Crippen LogP contribution in [0.15, 0.2) is 45.6 Å². The summed E-state index contributed by atoms with van der Waals surface area (Å²) in [5.41, 5.74) is -1.19. The number of hydrogen-bond acceptors (Lipinski definition) is 7. The van der Waals surface area contributed by atoms with Crippen LogP contribution in [0.25, 0.3) is 11.0 Å². The van der Waals surface area contributed by atoms with E-state index in [0.29, 0.717) is 18.7 Å². The lowest BCUT2D eigenvalue weighted by Crippen LogP contribution is -2.31. The Balaban J connectivity index is 2.10. The minimum absolute atomic E-state index is 0.00343. The zero-order chi connectivity index (χ0) is 24.1. The molecule has 1 heterocycles. The monoisotopic (exact) mass is 456 g/mol. The van der Waals surface area contributed by atoms with Gasteiger partial charge in [0.25, 0.3) is 5.91 Å². The maximum atomic E-state index is 13.8. The van der Waals surface area contributed by atoms with Crippen molar-refractivity contribution in [3.05, 3.63) is 69.3 Å². The van der Waals surface area contributed by atoms with Gasteiger partial charge in [-0.3, -0.25) is 14.4 Å². The van der Waals surface area contributed by atoms with Gasteiger partial charge < -0.3 is 24.1 Å². The van der Waals surface area contributed by atoms with Crippen LogP contribution in [0, 0.1) is 5.82 Å². The fraction of sp³-hybridized carbons (Fsp3) is 0.292. The Morgan fingerprint density at radius 3 is 2.45 bits per heavy atom. The standard InChI is InChI=1S/C24H25FN2O6/c1-27(2)11-5-10-26-24(30)23-20(22(29)16-13-15(25)7-9-17(16)33-23)21(28)14-6-8-18(31-3)19(12-14)32-4/h6-9,12-13H,5,10-11H2,1-4H3,(H,26,30). The van der Waals surface area contributed by atoms with Crippen LogP contribution in [0.1, 0.15) is 32.9 Å². The third kappa shape index (κ3) is 5.20. The summed E-state index contributed by atoms with van der Waals surface area (Å²) in [7, 11) is 6.67. The molecular weight excluding hydrogens is 431 g/mol. The van der Waals surface area contributed by atoms with Crippen molar-refractivity contribution in [3.63, 3.8) is 0 Å². The highest BCUT2D eigenvalue weighted by molar-refractivity contribution is 6.15. The van der Waals surface area contributed by atoms with Crippen LogP contribution in [0.3, 0.4) is 0 Å². The number of carbonyl (C=O) groups is 2. The van der Waals surface area contributed by atoms with Crippen LogP contribution < -0.4 is 20.2 Å². The van der Waals surface area contributed by atoms with E-state index in [1.165, 1.54) is 38.5 Å². The third-order valence-corrected chi connectivity index (χ3v) is 5.00. The molecule has 0 radical (unpaired) electrons. The lowest BCUT2D eigenvalue weighted by Gasteiger charge is -2.13. The molecule has 0 aliphatic heterocycles. The van der Waals surface area contributed by atoms with Crippen molar-refractivity contribution in [2.75, 3.05) is 41.4 Å². The number of nitrogens with one attached hydrogen (secondary N) is 1. The largest absolute Gasteiger partial charge is 0.493 e. The van der Waals surface area contributed by atoms with Gasteiger partial charge in [-0.05, 0) is 63.5 Å². The molecule has 1 N–H and O–H groups in total. The van der Waals surface area contributed by atoms with E-state index in [9.17, 15) is 18.8 Å². The first-order valence-corrected chi connectivity index (χ1v) is 10.2. The molecule has 0 spiro atoms. The normalized spacial score (nSPS) is 11.0. The van der Waals surface area contributed by atoms with Gasteiger partial charge in [-0.1, -0.05) is 0 Å². The molecule has 1 amide bonds. The molecule has 33 heavy (non-hydrogen) atoms. The molecule has 0 saturated carbocycles. The summed E-state index contributed by atoms with van der Waals surface area (Å²) in [5, 5.41) is 2.54. The van der Waals surface area contributed by atoms with E-state index < -0.39 is 34.3 Å². The Morgan fingerprint density at radius 2 is 1.79 bits per heavy atom. The number of amides is 1. The van der Waals surface area contributed by atoms with E-state index >= 15 is 0 Å². The van der Waals surface area contributed by atoms with E-state index in [0.717, 1.165) is 18.7 Å². The van der Waals surface area contributed by atoms with Crippen LogP contribution in [-0.2, 0) is 0 Å². The SMILES string of the molecule is COc1ccc(C(=O)c2c(C(=O)NCCCN(C)C)oc3ccc(F)cc3c2=O)cc1OC. The quantitative estimate of drug-likeness (QED) is 0.391. The van der Waals surface area contributed by atoms with Crippen molar-refractivity contribution in [2.24, 2.45) is 0 Å². The lowest BCUT2D eigenvalue weighted by molar-refractivity contribution is 0.0912. The molecule has 1 aromatic heterocycles. The van der Waals surface area contributed by atoms with Gasteiger partial charge in [0.1, 0.15) is 17.0 Å². The van der Waals surface area contributed by atoms with Crippen molar-refractivity contribution < 1.29 is 27.9 Å². The molecule has 0 atom stereocenters. The molecule has 3 rings (SSSR count). The zero-order valence-electron chi connectivity index (χ0n) is 18.9. The Kier molecular flexibility index (Phi) is 7.44. The number of rotatable bonds is 9. The van der Waals surface area contributed by atoms with Crippen molar-refractivity contribution in [1.29, 1.82) is 0 Å². The fourth-order valence-electron chi connectivity index (χ4n) is 3.33. The maximum absolute atomic E-state index is 13.8. The molecule has 3 aromatic rings. The molecule has 8 nitrogen and oxygen atoms in total. The van der Waals surface area contributed by atoms with Crippen molar-refractivity contribution in [1.82, 2.24) is 10.2 Å². The zero-order valence-corrected chi connectivity index (χ0v) is 18.9. The molecule has 2 aromatic carbocycles. The maximum Gasteiger partial charge on any atom is 0.287 e. The van der Waals surface area contributed by atoms with Gasteiger partial charge in [-0.15, -0.1) is 0 Å². The highest BCUT2D eigenvalue weighted by atomic mass is 19.1. The predicted molar refractivity (Wildman–Crippen MR) is 121 cm³/mol. The Bertz CT molecular complexity index is 1250. The predicted octanol–water partition coefficient (Wildman–Crippen LogP) is 2.86. The van der Waals surface area contributed by atoms with Gasteiger partial charge in [-0.25, -0.2) is 4.39 Å². The minimum Gasteiger partial charge on any atom is -0.493 e. The summed E-state index contributed by atoms with van der Waals surface area (Å²) in [6.45, 7) is 1.05. The van der Waals surface area contributed by atoms with E-state index in [2.05, 4.69) is 5.32 Å². The number of fused-ring (bicyclic) bond motifs is 1. The summed E-state index contributed by atoms with van der Waals surface area (Å²) in [5.74, 6) is -1.89. The molecule has 9 heteroatoms. The molecular formula is C24H25FN2O6. The van der Waals surface area contributed by atoms with Gasteiger partial charge in [0.15, 0.2) is 11.5 Å². The minimum atomic E-state index is -0.797. The second kappa shape index (κ2) is 10.3. The van der Waals surface area contributed by atoms with Crippen LogP contribution in [0.5, 0.6) is 11.5 Å². The molecule has 0 fully saturated rings. The molecule has 174 valence electrons. The number of benzene rings is 2. The van der Waals surface area contributed by atoms with Gasteiger partial charge in [0, 0.05) is 12.1 Å². The summed E-state index contributed by atoms with van der Waals surface area (Å²) in [4.78, 5) is 41.5. The van der Waals surface area contributed by atoms with Crippen molar-refractivity contribution >= 4 is 22.7 Å². The molecule has 0 aliphatic carbocycles. The highest BCUT2D eigenvalue weighted by Gasteiger charge is 2.27. The number of methoxy groups -OCH3 is 2. The summed E-state index contributed by atoms with van der Waals surface area (Å²) in [6, 6.07) is 7.69. The average Bonchev–Trinajstić information content (AvgIpc) is 2.80. The van der Waals surface area contributed by atoms with E-state index in [-0.39, 0.29) is 22.3 Å². The van der Waals surface area contributed by atoms with Crippen LogP contribution in [0.4, 0.5) is 4.39 Å². The topological polar surface area (TPSA) is 98.1 Å². The third-order valence-electron chi connectivity index (χ3n) is 5.00. The first-order chi connectivity index (χ1) is 15.8.